The lowest BCUT2D eigenvalue weighted by molar-refractivity contribution is -0.151. The third-order valence-corrected chi connectivity index (χ3v) is 2.51. The minimum atomic E-state index is -0.537. The number of carbonyl (C=O) groups is 1. The quantitative estimate of drug-likeness (QED) is 0.753. The molecule has 0 spiro atoms. The maximum Gasteiger partial charge on any atom is 0.329 e. The molecule has 0 aromatic carbocycles. The Balaban J connectivity index is 3.06. The molecule has 0 radical (unpaired) electrons. The molecule has 0 amide bonds. The van der Waals surface area contributed by atoms with Gasteiger partial charge in [-0.1, -0.05) is 13.0 Å². The highest BCUT2D eigenvalue weighted by Gasteiger charge is 2.22. The van der Waals surface area contributed by atoms with Crippen LogP contribution in [-0.2, 0) is 9.53 Å². The van der Waals surface area contributed by atoms with E-state index < -0.39 is 6.04 Å². The fourth-order valence-electron chi connectivity index (χ4n) is 1.66. The maximum atomic E-state index is 11.9. The molecule has 0 N–H and O–H groups in total. The van der Waals surface area contributed by atoms with Crippen molar-refractivity contribution in [2.45, 2.75) is 46.3 Å². The lowest BCUT2D eigenvalue weighted by atomic mass is 10.2. The Hall–Kier alpha value is -1.58. The molecule has 4 heteroatoms. The van der Waals surface area contributed by atoms with E-state index in [2.05, 4.69) is 0 Å². The molecular weight excluding hydrogens is 218 g/mol. The van der Waals surface area contributed by atoms with Crippen molar-refractivity contribution in [3.63, 3.8) is 0 Å². The van der Waals surface area contributed by atoms with Gasteiger partial charge in [-0.15, -0.1) is 0 Å². The molecule has 4 nitrogen and oxygen atoms in total. The summed E-state index contributed by atoms with van der Waals surface area (Å²) in [5.41, 5.74) is 0.489. The summed E-state index contributed by atoms with van der Waals surface area (Å²) in [5, 5.41) is 0. The Labute approximate surface area is 101 Å². The first-order chi connectivity index (χ1) is 7.97. The van der Waals surface area contributed by atoms with Crippen molar-refractivity contribution < 1.29 is 9.53 Å². The van der Waals surface area contributed by atoms with Crippen LogP contribution in [0.1, 0.15) is 38.8 Å². The average Bonchev–Trinajstić information content (AvgIpc) is 2.24. The van der Waals surface area contributed by atoms with Crippen LogP contribution in [0.15, 0.2) is 23.1 Å². The van der Waals surface area contributed by atoms with E-state index in [4.69, 9.17) is 4.74 Å². The second kappa shape index (κ2) is 5.66. The summed E-state index contributed by atoms with van der Waals surface area (Å²) >= 11 is 0. The van der Waals surface area contributed by atoms with Gasteiger partial charge < -0.3 is 9.30 Å². The van der Waals surface area contributed by atoms with Crippen molar-refractivity contribution in [3.8, 4) is 0 Å². The highest BCUT2D eigenvalue weighted by Crippen LogP contribution is 2.12. The maximum absolute atomic E-state index is 11.9. The minimum Gasteiger partial charge on any atom is -0.461 e. The van der Waals surface area contributed by atoms with Crippen molar-refractivity contribution >= 4 is 5.97 Å². The smallest absolute Gasteiger partial charge is 0.329 e. The molecular formula is C13H19NO3. The van der Waals surface area contributed by atoms with Crippen molar-refractivity contribution in [3.05, 3.63) is 34.2 Å². The molecule has 1 atom stereocenters. The molecule has 0 aliphatic heterocycles. The van der Waals surface area contributed by atoms with Gasteiger partial charge in [0.25, 0.3) is 5.56 Å². The lowest BCUT2D eigenvalue weighted by Crippen LogP contribution is -2.32. The predicted octanol–water partition coefficient (Wildman–Crippen LogP) is 2.06. The number of aromatic nitrogens is 1. The SMILES string of the molecule is CCC(C(=O)OC(C)C)n1cccc(C)c1=O. The number of hydrogen-bond donors (Lipinski definition) is 0. The van der Waals surface area contributed by atoms with Crippen LogP contribution in [0, 0.1) is 6.92 Å². The third-order valence-electron chi connectivity index (χ3n) is 2.51. The molecule has 0 aliphatic carbocycles. The summed E-state index contributed by atoms with van der Waals surface area (Å²) in [6.45, 7) is 7.19. The number of esters is 1. The van der Waals surface area contributed by atoms with Crippen LogP contribution in [0.4, 0.5) is 0 Å². The topological polar surface area (TPSA) is 48.3 Å². The zero-order valence-corrected chi connectivity index (χ0v) is 10.8. The molecule has 1 unspecified atom stereocenters. The van der Waals surface area contributed by atoms with Gasteiger partial charge in [-0.25, -0.2) is 4.79 Å². The monoisotopic (exact) mass is 237 g/mol. The fraction of sp³-hybridized carbons (Fsp3) is 0.538. The van der Waals surface area contributed by atoms with Crippen LogP contribution >= 0.6 is 0 Å². The first kappa shape index (κ1) is 13.5. The van der Waals surface area contributed by atoms with Gasteiger partial charge in [0.2, 0.25) is 0 Å². The van der Waals surface area contributed by atoms with E-state index in [1.807, 2.05) is 6.92 Å². The van der Waals surface area contributed by atoms with Gasteiger partial charge in [-0.3, -0.25) is 4.79 Å². The Kier molecular flexibility index (Phi) is 4.49. The first-order valence-corrected chi connectivity index (χ1v) is 5.85. The number of ether oxygens (including phenoxy) is 1. The summed E-state index contributed by atoms with van der Waals surface area (Å²) in [6.07, 6.45) is 2.00. The van der Waals surface area contributed by atoms with E-state index in [-0.39, 0.29) is 17.6 Å². The molecule has 17 heavy (non-hydrogen) atoms. The van der Waals surface area contributed by atoms with Crippen molar-refractivity contribution in [1.29, 1.82) is 0 Å². The molecule has 0 saturated carbocycles. The zero-order valence-electron chi connectivity index (χ0n) is 10.8. The number of nitrogens with zero attached hydrogens (tertiary/aromatic N) is 1. The zero-order chi connectivity index (χ0) is 13.0. The van der Waals surface area contributed by atoms with Gasteiger partial charge in [0.05, 0.1) is 6.10 Å². The molecule has 1 rings (SSSR count). The molecule has 0 saturated heterocycles. The Morgan fingerprint density at radius 3 is 2.65 bits per heavy atom. The van der Waals surface area contributed by atoms with E-state index in [1.54, 1.807) is 39.1 Å². The second-order valence-electron chi connectivity index (χ2n) is 4.31. The molecule has 0 bridgehead atoms. The van der Waals surface area contributed by atoms with E-state index in [0.29, 0.717) is 12.0 Å². The van der Waals surface area contributed by atoms with Crippen molar-refractivity contribution in [2.24, 2.45) is 0 Å². The third kappa shape index (κ3) is 3.19. The van der Waals surface area contributed by atoms with Crippen molar-refractivity contribution in [1.82, 2.24) is 4.57 Å². The molecule has 1 aromatic heterocycles. The normalized spacial score (nSPS) is 12.5. The number of pyridine rings is 1. The van der Waals surface area contributed by atoms with E-state index in [9.17, 15) is 9.59 Å². The number of hydrogen-bond acceptors (Lipinski definition) is 3. The van der Waals surface area contributed by atoms with Crippen LogP contribution in [0.2, 0.25) is 0 Å². The highest BCUT2D eigenvalue weighted by molar-refractivity contribution is 5.74. The minimum absolute atomic E-state index is 0.139. The van der Waals surface area contributed by atoms with Crippen LogP contribution in [0.5, 0.6) is 0 Å². The fourth-order valence-corrected chi connectivity index (χ4v) is 1.66. The van der Waals surface area contributed by atoms with Gasteiger partial charge in [0.15, 0.2) is 0 Å². The number of carbonyl (C=O) groups excluding carboxylic acids is 1. The number of rotatable bonds is 4. The summed E-state index contributed by atoms with van der Waals surface area (Å²) in [5.74, 6) is -0.352. The molecule has 1 heterocycles. The Morgan fingerprint density at radius 2 is 2.12 bits per heavy atom. The van der Waals surface area contributed by atoms with E-state index >= 15 is 0 Å². The summed E-state index contributed by atoms with van der Waals surface area (Å²) < 4.78 is 6.60. The van der Waals surface area contributed by atoms with E-state index in [1.165, 1.54) is 4.57 Å². The summed E-state index contributed by atoms with van der Waals surface area (Å²) in [4.78, 5) is 23.8. The summed E-state index contributed by atoms with van der Waals surface area (Å²) in [7, 11) is 0. The van der Waals surface area contributed by atoms with Gasteiger partial charge in [0.1, 0.15) is 6.04 Å². The predicted molar refractivity (Wildman–Crippen MR) is 66.0 cm³/mol. The largest absolute Gasteiger partial charge is 0.461 e. The number of aryl methyl sites for hydroxylation is 1. The highest BCUT2D eigenvalue weighted by atomic mass is 16.5. The standard InChI is InChI=1S/C13H19NO3/c1-5-11(13(16)17-9(2)3)14-8-6-7-10(4)12(14)15/h6-9,11H,5H2,1-4H3. The second-order valence-corrected chi connectivity index (χ2v) is 4.31. The van der Waals surface area contributed by atoms with Crippen LogP contribution in [-0.4, -0.2) is 16.6 Å². The Morgan fingerprint density at radius 1 is 1.47 bits per heavy atom. The van der Waals surface area contributed by atoms with Crippen LogP contribution < -0.4 is 5.56 Å². The molecule has 1 aromatic rings. The molecule has 94 valence electrons. The van der Waals surface area contributed by atoms with Gasteiger partial charge in [0, 0.05) is 11.8 Å². The van der Waals surface area contributed by atoms with Crippen LogP contribution in [0.3, 0.4) is 0 Å². The van der Waals surface area contributed by atoms with Crippen LogP contribution in [0.25, 0.3) is 0 Å². The lowest BCUT2D eigenvalue weighted by Gasteiger charge is -2.18. The van der Waals surface area contributed by atoms with E-state index in [0.717, 1.165) is 0 Å². The molecule has 0 aliphatic rings. The van der Waals surface area contributed by atoms with Crippen molar-refractivity contribution in [2.75, 3.05) is 0 Å². The average molecular weight is 237 g/mol. The first-order valence-electron chi connectivity index (χ1n) is 5.85. The van der Waals surface area contributed by atoms with Gasteiger partial charge in [-0.05, 0) is 33.3 Å². The molecule has 0 fully saturated rings. The van der Waals surface area contributed by atoms with Gasteiger partial charge >= 0.3 is 5.97 Å². The summed E-state index contributed by atoms with van der Waals surface area (Å²) in [6, 6.07) is 2.96. The Bertz CT molecular complexity index is 448. The van der Waals surface area contributed by atoms with Gasteiger partial charge in [-0.2, -0.15) is 0 Å².